The summed E-state index contributed by atoms with van der Waals surface area (Å²) in [5.41, 5.74) is 4.14. The smallest absolute Gasteiger partial charge is 0.339 e. The lowest BCUT2D eigenvalue weighted by atomic mass is 9.96. The fourth-order valence-corrected chi connectivity index (χ4v) is 3.63. The molecule has 146 valence electrons. The van der Waals surface area contributed by atoms with Gasteiger partial charge in [0.15, 0.2) is 6.61 Å². The van der Waals surface area contributed by atoms with Gasteiger partial charge >= 0.3 is 5.97 Å². The third-order valence-electron chi connectivity index (χ3n) is 4.99. The maximum absolute atomic E-state index is 12.8. The molecule has 3 aromatic carbocycles. The zero-order valence-corrected chi connectivity index (χ0v) is 16.3. The zero-order valence-electron chi connectivity index (χ0n) is 16.3. The van der Waals surface area contributed by atoms with E-state index in [1.807, 2.05) is 37.3 Å². The summed E-state index contributed by atoms with van der Waals surface area (Å²) in [5, 5.41) is 10.2. The Morgan fingerprint density at radius 2 is 1.60 bits per heavy atom. The Bertz CT molecular complexity index is 1310. The van der Waals surface area contributed by atoms with Crippen molar-refractivity contribution in [3.05, 3.63) is 95.2 Å². The van der Waals surface area contributed by atoms with E-state index in [0.29, 0.717) is 27.8 Å². The highest BCUT2D eigenvalue weighted by Crippen LogP contribution is 2.28. The maximum atomic E-state index is 12.8. The lowest BCUT2D eigenvalue weighted by molar-refractivity contribution is 0.0475. The van der Waals surface area contributed by atoms with Crippen molar-refractivity contribution in [2.24, 2.45) is 0 Å². The fourth-order valence-electron chi connectivity index (χ4n) is 3.63. The molecule has 0 radical (unpaired) electrons. The number of nitrogens with zero attached hydrogens (tertiary/aromatic N) is 1. The van der Waals surface area contributed by atoms with Gasteiger partial charge in [0.1, 0.15) is 0 Å². The van der Waals surface area contributed by atoms with E-state index in [0.717, 1.165) is 16.6 Å². The van der Waals surface area contributed by atoms with Gasteiger partial charge < -0.3 is 9.72 Å². The number of benzene rings is 3. The van der Waals surface area contributed by atoms with Crippen LogP contribution >= 0.6 is 0 Å². The summed E-state index contributed by atoms with van der Waals surface area (Å²) in [6, 6.07) is 23.6. The standard InChI is InChI=1S/C25H18N2O3/c1-16-24(21-12-6-7-13-22(21)27-16)23(28)15-30-25(29)20-11-5-4-10-19(20)18-9-3-2-8-17(18)14-26/h2-13,27H,15H2,1H3. The number of rotatable bonds is 5. The van der Waals surface area contributed by atoms with Crippen molar-refractivity contribution in [3.8, 4) is 17.2 Å². The largest absolute Gasteiger partial charge is 0.454 e. The molecule has 0 unspecified atom stereocenters. The molecule has 1 N–H and O–H groups in total. The number of H-pyrrole nitrogens is 1. The number of fused-ring (bicyclic) bond motifs is 1. The highest BCUT2D eigenvalue weighted by Gasteiger charge is 2.20. The second kappa shape index (κ2) is 8.06. The van der Waals surface area contributed by atoms with E-state index in [1.165, 1.54) is 0 Å². The van der Waals surface area contributed by atoms with Crippen molar-refractivity contribution in [2.45, 2.75) is 6.92 Å². The molecular formula is C25H18N2O3. The molecule has 0 aliphatic rings. The van der Waals surface area contributed by atoms with Crippen molar-refractivity contribution >= 4 is 22.7 Å². The van der Waals surface area contributed by atoms with Crippen molar-refractivity contribution in [1.29, 1.82) is 5.26 Å². The van der Waals surface area contributed by atoms with Crippen molar-refractivity contribution in [2.75, 3.05) is 6.61 Å². The Balaban J connectivity index is 1.59. The number of carbonyl (C=O) groups is 2. The van der Waals surface area contributed by atoms with Gasteiger partial charge in [-0.3, -0.25) is 4.79 Å². The van der Waals surface area contributed by atoms with Crippen molar-refractivity contribution in [1.82, 2.24) is 4.98 Å². The highest BCUT2D eigenvalue weighted by molar-refractivity contribution is 6.10. The molecule has 4 aromatic rings. The average molecular weight is 394 g/mol. The van der Waals surface area contributed by atoms with Gasteiger partial charge in [-0.05, 0) is 30.7 Å². The normalized spacial score (nSPS) is 10.5. The first-order valence-corrected chi connectivity index (χ1v) is 9.46. The number of hydrogen-bond donors (Lipinski definition) is 1. The lowest BCUT2D eigenvalue weighted by Crippen LogP contribution is -2.15. The summed E-state index contributed by atoms with van der Waals surface area (Å²) >= 11 is 0. The quantitative estimate of drug-likeness (QED) is 0.379. The Morgan fingerprint density at radius 1 is 0.933 bits per heavy atom. The fraction of sp³-hybridized carbons (Fsp3) is 0.0800. The molecule has 0 saturated heterocycles. The van der Waals surface area contributed by atoms with Crippen LogP contribution in [0.2, 0.25) is 0 Å². The maximum Gasteiger partial charge on any atom is 0.339 e. The van der Waals surface area contributed by atoms with Crippen LogP contribution in [0.1, 0.15) is 32.0 Å². The third-order valence-corrected chi connectivity index (χ3v) is 4.99. The number of hydrogen-bond acceptors (Lipinski definition) is 4. The first-order chi connectivity index (χ1) is 14.6. The van der Waals surface area contributed by atoms with Crippen LogP contribution in [0.15, 0.2) is 72.8 Å². The van der Waals surface area contributed by atoms with Gasteiger partial charge in [0.2, 0.25) is 5.78 Å². The molecule has 5 nitrogen and oxygen atoms in total. The summed E-state index contributed by atoms with van der Waals surface area (Å²) in [4.78, 5) is 28.8. The minimum Gasteiger partial charge on any atom is -0.454 e. The molecule has 30 heavy (non-hydrogen) atoms. The van der Waals surface area contributed by atoms with Gasteiger partial charge in [-0.1, -0.05) is 54.6 Å². The number of ether oxygens (including phenoxy) is 1. The second-order valence-electron chi connectivity index (χ2n) is 6.87. The molecule has 1 aromatic heterocycles. The number of aromatic nitrogens is 1. The van der Waals surface area contributed by atoms with Crippen molar-refractivity contribution < 1.29 is 14.3 Å². The van der Waals surface area contributed by atoms with Crippen LogP contribution in [0, 0.1) is 18.3 Å². The number of aromatic amines is 1. The van der Waals surface area contributed by atoms with Crippen LogP contribution in [-0.2, 0) is 4.74 Å². The van der Waals surface area contributed by atoms with Crippen LogP contribution in [0.25, 0.3) is 22.0 Å². The molecule has 5 heteroatoms. The lowest BCUT2D eigenvalue weighted by Gasteiger charge is -2.11. The number of nitriles is 1. The number of para-hydroxylation sites is 1. The number of Topliss-reactive ketones (excluding diaryl/α,β-unsaturated/α-hetero) is 1. The van der Waals surface area contributed by atoms with E-state index in [-0.39, 0.29) is 12.4 Å². The molecule has 0 atom stereocenters. The first-order valence-electron chi connectivity index (χ1n) is 9.46. The van der Waals surface area contributed by atoms with Crippen LogP contribution in [0.3, 0.4) is 0 Å². The van der Waals surface area contributed by atoms with Gasteiger partial charge in [-0.2, -0.15) is 5.26 Å². The Morgan fingerprint density at radius 3 is 2.40 bits per heavy atom. The van der Waals surface area contributed by atoms with Gasteiger partial charge in [0.05, 0.1) is 17.2 Å². The number of ketones is 1. The summed E-state index contributed by atoms with van der Waals surface area (Å²) in [7, 11) is 0. The molecule has 1 heterocycles. The monoisotopic (exact) mass is 394 g/mol. The molecule has 0 spiro atoms. The zero-order chi connectivity index (χ0) is 21.1. The SMILES string of the molecule is Cc1[nH]c2ccccc2c1C(=O)COC(=O)c1ccccc1-c1ccccc1C#N. The molecule has 0 aliphatic carbocycles. The molecule has 0 bridgehead atoms. The van der Waals surface area contributed by atoms with E-state index in [9.17, 15) is 14.9 Å². The molecule has 0 aliphatic heterocycles. The number of carbonyl (C=O) groups excluding carboxylic acids is 2. The molecule has 4 rings (SSSR count). The molecule has 0 fully saturated rings. The van der Waals surface area contributed by atoms with E-state index in [4.69, 9.17) is 4.74 Å². The summed E-state index contributed by atoms with van der Waals surface area (Å²) in [5.74, 6) is -0.877. The number of esters is 1. The summed E-state index contributed by atoms with van der Waals surface area (Å²) in [6.07, 6.45) is 0. The molecule has 0 amide bonds. The number of aryl methyl sites for hydroxylation is 1. The average Bonchev–Trinajstić information content (AvgIpc) is 3.13. The first kappa shape index (κ1) is 19.2. The predicted octanol–water partition coefficient (Wildman–Crippen LogP) is 5.05. The highest BCUT2D eigenvalue weighted by atomic mass is 16.5. The minimum absolute atomic E-state index is 0.270. The van der Waals surface area contributed by atoms with Gasteiger partial charge in [0.25, 0.3) is 0 Å². The molecule has 0 saturated carbocycles. The second-order valence-corrected chi connectivity index (χ2v) is 6.87. The van der Waals surface area contributed by atoms with E-state index in [1.54, 1.807) is 42.5 Å². The van der Waals surface area contributed by atoms with Crippen LogP contribution in [-0.4, -0.2) is 23.3 Å². The number of nitrogens with one attached hydrogen (secondary N) is 1. The van der Waals surface area contributed by atoms with Gasteiger partial charge in [-0.15, -0.1) is 0 Å². The predicted molar refractivity (Wildman–Crippen MR) is 114 cm³/mol. The minimum atomic E-state index is -0.607. The van der Waals surface area contributed by atoms with E-state index >= 15 is 0 Å². The van der Waals surface area contributed by atoms with Gasteiger partial charge in [-0.25, -0.2) is 4.79 Å². The topological polar surface area (TPSA) is 83.0 Å². The Labute approximate surface area is 173 Å². The van der Waals surface area contributed by atoms with E-state index in [2.05, 4.69) is 11.1 Å². The Kier molecular flexibility index (Phi) is 5.15. The van der Waals surface area contributed by atoms with Gasteiger partial charge in [0, 0.05) is 27.7 Å². The van der Waals surface area contributed by atoms with Crippen molar-refractivity contribution in [3.63, 3.8) is 0 Å². The van der Waals surface area contributed by atoms with Crippen LogP contribution < -0.4 is 0 Å². The summed E-state index contributed by atoms with van der Waals surface area (Å²) < 4.78 is 5.37. The van der Waals surface area contributed by atoms with Crippen LogP contribution in [0.4, 0.5) is 0 Å². The Hall–Kier alpha value is -4.17. The third kappa shape index (κ3) is 3.47. The molecular weight excluding hydrogens is 376 g/mol. The van der Waals surface area contributed by atoms with E-state index < -0.39 is 5.97 Å². The summed E-state index contributed by atoms with van der Waals surface area (Å²) in [6.45, 7) is 1.46. The van der Waals surface area contributed by atoms with Crippen LogP contribution in [0.5, 0.6) is 0 Å².